The van der Waals surface area contributed by atoms with Gasteiger partial charge in [0, 0.05) is 11.1 Å². The van der Waals surface area contributed by atoms with E-state index in [0.29, 0.717) is 0 Å². The number of aromatic nitrogens is 1. The second kappa shape index (κ2) is 4.09. The minimum atomic E-state index is -2.75. The molecule has 0 N–H and O–H groups in total. The molecule has 0 aromatic carbocycles. The number of nitriles is 1. The Morgan fingerprint density at radius 1 is 1.57 bits per heavy atom. The fraction of sp³-hybridized carbons (Fsp3) is 0.333. The average Bonchev–Trinajstić information content (AvgIpc) is 2.11. The van der Waals surface area contributed by atoms with Crippen molar-refractivity contribution in [1.29, 1.82) is 5.26 Å². The summed E-state index contributed by atoms with van der Waals surface area (Å²) in [5, 5.41) is 8.31. The van der Waals surface area contributed by atoms with E-state index in [4.69, 9.17) is 5.26 Å². The molecular formula is C9H7F3N2. The summed E-state index contributed by atoms with van der Waals surface area (Å²) in [7, 11) is 0. The zero-order valence-electron chi connectivity index (χ0n) is 7.39. The Balaban J connectivity index is 3.22. The number of nitrogens with zero attached hydrogens (tertiary/aromatic N) is 2. The zero-order valence-corrected chi connectivity index (χ0v) is 7.39. The molecule has 2 nitrogen and oxygen atoms in total. The standard InChI is InChI=1S/C9H7F3N2/c1-5-7(8(10)11)4-6(2-3-13)14-9(5)12/h4,8H,2H2,1H3. The minimum absolute atomic E-state index is 0.0332. The summed E-state index contributed by atoms with van der Waals surface area (Å²) in [4.78, 5) is 3.38. The van der Waals surface area contributed by atoms with Crippen LogP contribution in [0.3, 0.4) is 0 Å². The summed E-state index contributed by atoms with van der Waals surface area (Å²) in [5.41, 5.74) is -0.532. The van der Waals surface area contributed by atoms with Gasteiger partial charge >= 0.3 is 0 Å². The molecule has 0 spiro atoms. The van der Waals surface area contributed by atoms with E-state index in [-0.39, 0.29) is 17.7 Å². The summed E-state index contributed by atoms with van der Waals surface area (Å²) >= 11 is 0. The topological polar surface area (TPSA) is 36.7 Å². The molecule has 74 valence electrons. The predicted molar refractivity (Wildman–Crippen MR) is 43.2 cm³/mol. The molecule has 0 aliphatic rings. The lowest BCUT2D eigenvalue weighted by Gasteiger charge is -2.06. The van der Waals surface area contributed by atoms with Gasteiger partial charge in [-0.2, -0.15) is 9.65 Å². The number of rotatable bonds is 2. The monoisotopic (exact) mass is 200 g/mol. The fourth-order valence-electron chi connectivity index (χ4n) is 1.05. The largest absolute Gasteiger partial charge is 0.264 e. The molecule has 1 aromatic heterocycles. The van der Waals surface area contributed by atoms with Crippen LogP contribution >= 0.6 is 0 Å². The number of halogens is 3. The first-order valence-corrected chi connectivity index (χ1v) is 3.87. The van der Waals surface area contributed by atoms with Crippen molar-refractivity contribution in [3.05, 3.63) is 28.8 Å². The van der Waals surface area contributed by atoms with Crippen LogP contribution in [-0.4, -0.2) is 4.98 Å². The molecule has 1 rings (SSSR count). The second-order valence-corrected chi connectivity index (χ2v) is 2.75. The van der Waals surface area contributed by atoms with Crippen molar-refractivity contribution in [2.24, 2.45) is 0 Å². The van der Waals surface area contributed by atoms with Crippen molar-refractivity contribution in [1.82, 2.24) is 4.98 Å². The Hall–Kier alpha value is -1.57. The van der Waals surface area contributed by atoms with Crippen molar-refractivity contribution in [3.8, 4) is 6.07 Å². The summed E-state index contributed by atoms with van der Waals surface area (Å²) in [5.74, 6) is -0.937. The van der Waals surface area contributed by atoms with Crippen molar-refractivity contribution in [3.63, 3.8) is 0 Å². The Morgan fingerprint density at radius 3 is 2.71 bits per heavy atom. The molecule has 0 saturated heterocycles. The van der Waals surface area contributed by atoms with Crippen LogP contribution < -0.4 is 0 Å². The van der Waals surface area contributed by atoms with Crippen molar-refractivity contribution >= 4 is 0 Å². The molecule has 14 heavy (non-hydrogen) atoms. The maximum atomic E-state index is 13.0. The van der Waals surface area contributed by atoms with Gasteiger partial charge in [0.25, 0.3) is 6.43 Å². The minimum Gasteiger partial charge on any atom is -0.223 e. The molecule has 0 bridgehead atoms. The predicted octanol–water partition coefficient (Wildman–Crippen LogP) is 2.53. The van der Waals surface area contributed by atoms with Crippen LogP contribution in [0.5, 0.6) is 0 Å². The molecule has 0 saturated carbocycles. The van der Waals surface area contributed by atoms with Crippen molar-refractivity contribution in [2.75, 3.05) is 0 Å². The van der Waals surface area contributed by atoms with Crippen LogP contribution in [0.25, 0.3) is 0 Å². The van der Waals surface area contributed by atoms with Crippen molar-refractivity contribution < 1.29 is 13.2 Å². The molecule has 0 amide bonds. The van der Waals surface area contributed by atoms with Crippen LogP contribution in [0, 0.1) is 24.2 Å². The summed E-state index contributed by atoms with van der Waals surface area (Å²) in [6, 6.07) is 2.78. The van der Waals surface area contributed by atoms with Gasteiger partial charge in [-0.25, -0.2) is 13.8 Å². The van der Waals surface area contributed by atoms with Gasteiger partial charge in [0.15, 0.2) is 0 Å². The van der Waals surface area contributed by atoms with Crippen LogP contribution in [-0.2, 0) is 6.42 Å². The van der Waals surface area contributed by atoms with Gasteiger partial charge in [-0.05, 0) is 13.0 Å². The lowest BCUT2D eigenvalue weighted by Crippen LogP contribution is -2.01. The quantitative estimate of drug-likeness (QED) is 0.688. The lowest BCUT2D eigenvalue weighted by molar-refractivity contribution is 0.149. The lowest BCUT2D eigenvalue weighted by atomic mass is 10.1. The van der Waals surface area contributed by atoms with Gasteiger partial charge in [-0.1, -0.05) is 0 Å². The van der Waals surface area contributed by atoms with Crippen LogP contribution in [0.1, 0.15) is 23.2 Å². The average molecular weight is 200 g/mol. The summed E-state index contributed by atoms with van der Waals surface area (Å²) in [6.45, 7) is 1.24. The first-order valence-electron chi connectivity index (χ1n) is 3.87. The molecule has 5 heteroatoms. The smallest absolute Gasteiger partial charge is 0.223 e. The molecule has 0 fully saturated rings. The SMILES string of the molecule is Cc1c(C(F)F)cc(CC#N)nc1F. The van der Waals surface area contributed by atoms with Gasteiger partial charge in [-0.15, -0.1) is 0 Å². The molecule has 0 unspecified atom stereocenters. The molecule has 1 heterocycles. The van der Waals surface area contributed by atoms with Crippen LogP contribution in [0.15, 0.2) is 6.07 Å². The van der Waals surface area contributed by atoms with E-state index in [1.807, 2.05) is 0 Å². The third kappa shape index (κ3) is 2.02. The number of pyridine rings is 1. The Morgan fingerprint density at radius 2 is 2.21 bits per heavy atom. The number of hydrogen-bond acceptors (Lipinski definition) is 2. The van der Waals surface area contributed by atoms with E-state index < -0.39 is 17.9 Å². The number of hydrogen-bond donors (Lipinski definition) is 0. The first kappa shape index (κ1) is 10.5. The Bertz CT molecular complexity index is 382. The molecule has 0 aliphatic carbocycles. The van der Waals surface area contributed by atoms with Gasteiger partial charge < -0.3 is 0 Å². The van der Waals surface area contributed by atoms with Crippen molar-refractivity contribution in [2.45, 2.75) is 19.8 Å². The maximum Gasteiger partial charge on any atom is 0.264 e. The maximum absolute atomic E-state index is 13.0. The fourth-order valence-corrected chi connectivity index (χ4v) is 1.05. The Labute approximate surface area is 79.0 Å². The van der Waals surface area contributed by atoms with Gasteiger partial charge in [0.1, 0.15) is 0 Å². The normalized spacial score (nSPS) is 10.3. The van der Waals surface area contributed by atoms with E-state index >= 15 is 0 Å². The molecular weight excluding hydrogens is 193 g/mol. The highest BCUT2D eigenvalue weighted by Gasteiger charge is 2.16. The highest BCUT2D eigenvalue weighted by atomic mass is 19.3. The Kier molecular flexibility index (Phi) is 3.07. The molecule has 0 radical (unpaired) electrons. The van der Waals surface area contributed by atoms with Gasteiger partial charge in [-0.3, -0.25) is 0 Å². The van der Waals surface area contributed by atoms with E-state index in [1.165, 1.54) is 6.92 Å². The highest BCUT2D eigenvalue weighted by Crippen LogP contribution is 2.24. The molecule has 0 aliphatic heterocycles. The number of alkyl halides is 2. The second-order valence-electron chi connectivity index (χ2n) is 2.75. The van der Waals surface area contributed by atoms with E-state index in [1.54, 1.807) is 6.07 Å². The van der Waals surface area contributed by atoms with Crippen LogP contribution in [0.4, 0.5) is 13.2 Å². The summed E-state index contributed by atoms with van der Waals surface area (Å²) < 4.78 is 37.7. The molecule has 0 atom stereocenters. The van der Waals surface area contributed by atoms with E-state index in [2.05, 4.69) is 4.98 Å². The zero-order chi connectivity index (χ0) is 10.7. The van der Waals surface area contributed by atoms with E-state index in [9.17, 15) is 13.2 Å². The third-order valence-electron chi connectivity index (χ3n) is 1.80. The van der Waals surface area contributed by atoms with E-state index in [0.717, 1.165) is 6.07 Å². The third-order valence-corrected chi connectivity index (χ3v) is 1.80. The molecule has 1 aromatic rings. The highest BCUT2D eigenvalue weighted by molar-refractivity contribution is 5.28. The van der Waals surface area contributed by atoms with Gasteiger partial charge in [0.2, 0.25) is 5.95 Å². The first-order chi connectivity index (χ1) is 6.56. The summed E-state index contributed by atoms with van der Waals surface area (Å²) in [6.07, 6.45) is -2.92. The van der Waals surface area contributed by atoms with Crippen LogP contribution in [0.2, 0.25) is 0 Å². The van der Waals surface area contributed by atoms with Gasteiger partial charge in [0.05, 0.1) is 18.2 Å².